The van der Waals surface area contributed by atoms with Crippen molar-refractivity contribution in [1.29, 1.82) is 0 Å². The summed E-state index contributed by atoms with van der Waals surface area (Å²) in [6, 6.07) is 0. The highest BCUT2D eigenvalue weighted by atomic mass is 16.4. The van der Waals surface area contributed by atoms with Gasteiger partial charge < -0.3 is 5.11 Å². The first-order valence-corrected chi connectivity index (χ1v) is 10.8. The first-order chi connectivity index (χ1) is 12.6. The maximum atomic E-state index is 11.0. The van der Waals surface area contributed by atoms with E-state index in [1.165, 1.54) is 55.7 Å². The maximum Gasteiger partial charge on any atom is 0.328 e. The largest absolute Gasteiger partial charge is 0.478 e. The average molecular weight is 373 g/mol. The molecule has 2 saturated carbocycles. The Kier molecular flexibility index (Phi) is 7.16. The quantitative estimate of drug-likeness (QED) is 0.375. The van der Waals surface area contributed by atoms with E-state index >= 15 is 0 Å². The highest BCUT2D eigenvalue weighted by Gasteiger charge is 2.53. The van der Waals surface area contributed by atoms with E-state index in [1.54, 1.807) is 0 Å². The van der Waals surface area contributed by atoms with Crippen molar-refractivity contribution in [2.45, 2.75) is 92.4 Å². The first kappa shape index (κ1) is 22.0. The summed E-state index contributed by atoms with van der Waals surface area (Å²) in [4.78, 5) is 11.0. The molecule has 2 aliphatic carbocycles. The maximum absolute atomic E-state index is 11.0. The third-order valence-electron chi connectivity index (χ3n) is 7.61. The fourth-order valence-corrected chi connectivity index (χ4v) is 6.23. The van der Waals surface area contributed by atoms with Crippen LogP contribution in [0.15, 0.2) is 35.5 Å². The molecule has 0 aliphatic heterocycles. The third kappa shape index (κ3) is 5.15. The molecule has 152 valence electrons. The van der Waals surface area contributed by atoms with Crippen LogP contribution >= 0.6 is 0 Å². The molecule has 0 unspecified atom stereocenters. The average Bonchev–Trinajstić information content (AvgIpc) is 2.52. The van der Waals surface area contributed by atoms with Gasteiger partial charge in [0.25, 0.3) is 0 Å². The summed E-state index contributed by atoms with van der Waals surface area (Å²) in [5.74, 6) is 0.456. The van der Waals surface area contributed by atoms with Crippen molar-refractivity contribution in [3.8, 4) is 0 Å². The molecule has 0 aromatic heterocycles. The summed E-state index contributed by atoms with van der Waals surface area (Å²) in [6.45, 7) is 15.8. The predicted octanol–water partition coefficient (Wildman–Crippen LogP) is 7.32. The lowest BCUT2D eigenvalue weighted by atomic mass is 9.46. The van der Waals surface area contributed by atoms with Gasteiger partial charge in [0.05, 0.1) is 0 Å². The number of carboxylic acids is 1. The van der Waals surface area contributed by atoms with E-state index in [0.717, 1.165) is 24.8 Å². The molecule has 0 aromatic carbocycles. The molecule has 27 heavy (non-hydrogen) atoms. The van der Waals surface area contributed by atoms with Crippen LogP contribution in [0.3, 0.4) is 0 Å². The molecule has 0 radical (unpaired) electrons. The number of hydrogen-bond donors (Lipinski definition) is 1. The zero-order valence-corrected chi connectivity index (χ0v) is 18.2. The Morgan fingerprint density at radius 3 is 2.59 bits per heavy atom. The summed E-state index contributed by atoms with van der Waals surface area (Å²) in [5, 5.41) is 9.07. The molecule has 2 aliphatic rings. The van der Waals surface area contributed by atoms with Gasteiger partial charge in [-0.15, -0.1) is 0 Å². The summed E-state index contributed by atoms with van der Waals surface area (Å²) < 4.78 is 0. The van der Waals surface area contributed by atoms with Crippen LogP contribution in [0.5, 0.6) is 0 Å². The standard InChI is InChI=1S/C25H40O2/c1-18(2)9-7-14-24(5)16-13-21-20(4)10-8-15-25(21,6)22(24)12-11-19(3)17-23(26)27/h9,17,21-22H,4,7-8,10-16H2,1-3,5-6H3,(H,26,27)/b19-17+/t21-,22-,24+,25-/m1/s1. The Morgan fingerprint density at radius 2 is 1.96 bits per heavy atom. The molecule has 2 nitrogen and oxygen atoms in total. The number of rotatable bonds is 7. The van der Waals surface area contributed by atoms with E-state index in [4.69, 9.17) is 5.11 Å². The molecule has 2 rings (SSSR count). The van der Waals surface area contributed by atoms with E-state index in [-0.39, 0.29) is 0 Å². The molecule has 0 amide bonds. The van der Waals surface area contributed by atoms with Crippen molar-refractivity contribution in [2.75, 3.05) is 0 Å². The number of fused-ring (bicyclic) bond motifs is 1. The highest BCUT2D eigenvalue weighted by molar-refractivity contribution is 5.80. The Morgan fingerprint density at radius 1 is 1.26 bits per heavy atom. The minimum absolute atomic E-state index is 0.316. The van der Waals surface area contributed by atoms with E-state index in [9.17, 15) is 4.79 Å². The molecule has 0 saturated heterocycles. The molecular formula is C25H40O2. The molecular weight excluding hydrogens is 332 g/mol. The van der Waals surface area contributed by atoms with Crippen molar-refractivity contribution < 1.29 is 9.90 Å². The van der Waals surface area contributed by atoms with Crippen LogP contribution < -0.4 is 0 Å². The Labute approximate surface area is 166 Å². The molecule has 0 bridgehead atoms. The lowest BCUT2D eigenvalue weighted by Crippen LogP contribution is -2.50. The summed E-state index contributed by atoms with van der Waals surface area (Å²) in [6.07, 6.45) is 14.5. The molecule has 2 fully saturated rings. The van der Waals surface area contributed by atoms with Gasteiger partial charge in [-0.1, -0.05) is 43.2 Å². The van der Waals surface area contributed by atoms with Gasteiger partial charge in [0.2, 0.25) is 0 Å². The molecule has 0 heterocycles. The van der Waals surface area contributed by atoms with Crippen LogP contribution in [0.25, 0.3) is 0 Å². The van der Waals surface area contributed by atoms with Gasteiger partial charge in [-0.25, -0.2) is 4.79 Å². The van der Waals surface area contributed by atoms with Gasteiger partial charge in [-0.05, 0) is 101 Å². The number of carbonyl (C=O) groups is 1. The van der Waals surface area contributed by atoms with Crippen molar-refractivity contribution in [3.63, 3.8) is 0 Å². The SMILES string of the molecule is C=C1CCC[C@]2(C)[C@@H]1CC[C@](C)(CCC=C(C)C)[C@H]2CC/C(C)=C/C(=O)O. The van der Waals surface area contributed by atoms with Gasteiger partial charge in [-0.3, -0.25) is 0 Å². The molecule has 4 atom stereocenters. The minimum atomic E-state index is -0.822. The van der Waals surface area contributed by atoms with Gasteiger partial charge in [-0.2, -0.15) is 0 Å². The lowest BCUT2D eigenvalue weighted by Gasteiger charge is -2.59. The fourth-order valence-electron chi connectivity index (χ4n) is 6.23. The molecule has 0 spiro atoms. The van der Waals surface area contributed by atoms with Crippen molar-refractivity contribution >= 4 is 5.97 Å². The Balaban J connectivity index is 2.27. The van der Waals surface area contributed by atoms with Gasteiger partial charge in [0.15, 0.2) is 0 Å². The van der Waals surface area contributed by atoms with Crippen LogP contribution in [-0.2, 0) is 4.79 Å². The normalized spacial score (nSPS) is 34.1. The second-order valence-electron chi connectivity index (χ2n) is 10.0. The Hall–Kier alpha value is -1.31. The van der Waals surface area contributed by atoms with Crippen LogP contribution in [0.4, 0.5) is 0 Å². The highest BCUT2D eigenvalue weighted by Crippen LogP contribution is 2.63. The van der Waals surface area contributed by atoms with Gasteiger partial charge in [0, 0.05) is 6.08 Å². The molecule has 1 N–H and O–H groups in total. The zero-order valence-electron chi connectivity index (χ0n) is 18.2. The summed E-state index contributed by atoms with van der Waals surface area (Å²) in [5.41, 5.74) is 4.52. The van der Waals surface area contributed by atoms with Crippen LogP contribution in [0.1, 0.15) is 92.4 Å². The monoisotopic (exact) mass is 372 g/mol. The van der Waals surface area contributed by atoms with Crippen LogP contribution in [0.2, 0.25) is 0 Å². The zero-order chi connectivity index (χ0) is 20.2. The van der Waals surface area contributed by atoms with Crippen LogP contribution in [0, 0.1) is 22.7 Å². The molecule has 2 heteroatoms. The lowest BCUT2D eigenvalue weighted by molar-refractivity contribution is -0.131. The summed E-state index contributed by atoms with van der Waals surface area (Å²) in [7, 11) is 0. The van der Waals surface area contributed by atoms with Crippen LogP contribution in [-0.4, -0.2) is 11.1 Å². The van der Waals surface area contributed by atoms with E-state index in [0.29, 0.717) is 22.7 Å². The summed E-state index contributed by atoms with van der Waals surface area (Å²) >= 11 is 0. The second-order valence-corrected chi connectivity index (χ2v) is 10.0. The van der Waals surface area contributed by atoms with Gasteiger partial charge >= 0.3 is 5.97 Å². The van der Waals surface area contributed by atoms with E-state index < -0.39 is 5.97 Å². The Bertz CT molecular complexity index is 622. The minimum Gasteiger partial charge on any atom is -0.478 e. The van der Waals surface area contributed by atoms with Crippen molar-refractivity contribution in [3.05, 3.63) is 35.5 Å². The number of hydrogen-bond acceptors (Lipinski definition) is 1. The van der Waals surface area contributed by atoms with Crippen molar-refractivity contribution in [1.82, 2.24) is 0 Å². The van der Waals surface area contributed by atoms with Crippen molar-refractivity contribution in [2.24, 2.45) is 22.7 Å². The first-order valence-electron chi connectivity index (χ1n) is 10.8. The number of aliphatic carboxylic acids is 1. The number of carboxylic acid groups (broad SMARTS) is 1. The fraction of sp³-hybridized carbons (Fsp3) is 0.720. The van der Waals surface area contributed by atoms with E-state index in [1.807, 2.05) is 6.92 Å². The molecule has 0 aromatic rings. The smallest absolute Gasteiger partial charge is 0.328 e. The van der Waals surface area contributed by atoms with E-state index in [2.05, 4.69) is 40.3 Å². The third-order valence-corrected chi connectivity index (χ3v) is 7.61. The van der Waals surface area contributed by atoms with Gasteiger partial charge in [0.1, 0.15) is 0 Å². The predicted molar refractivity (Wildman–Crippen MR) is 115 cm³/mol. The topological polar surface area (TPSA) is 37.3 Å². The second kappa shape index (κ2) is 8.80. The number of allylic oxidation sites excluding steroid dienone is 4.